The van der Waals surface area contributed by atoms with Gasteiger partial charge in [-0.1, -0.05) is 6.07 Å². The lowest BCUT2D eigenvalue weighted by Crippen LogP contribution is -2.18. The van der Waals surface area contributed by atoms with E-state index in [0.717, 1.165) is 35.0 Å². The first-order valence-electron chi connectivity index (χ1n) is 9.89. The molecule has 1 aliphatic rings. The van der Waals surface area contributed by atoms with E-state index in [2.05, 4.69) is 27.3 Å². The van der Waals surface area contributed by atoms with E-state index in [-0.39, 0.29) is 5.91 Å². The predicted octanol–water partition coefficient (Wildman–Crippen LogP) is 5.19. The first kappa shape index (κ1) is 19.5. The van der Waals surface area contributed by atoms with E-state index in [1.807, 2.05) is 37.4 Å². The second-order valence-electron chi connectivity index (χ2n) is 7.32. The summed E-state index contributed by atoms with van der Waals surface area (Å²) in [5.41, 5.74) is 4.60. The van der Waals surface area contributed by atoms with Gasteiger partial charge in [0.1, 0.15) is 12.4 Å². The van der Waals surface area contributed by atoms with Crippen molar-refractivity contribution < 1.29 is 9.53 Å². The van der Waals surface area contributed by atoms with Gasteiger partial charge in [0.2, 0.25) is 0 Å². The maximum Gasteiger partial charge on any atom is 0.255 e. The Balaban J connectivity index is 1.41. The van der Waals surface area contributed by atoms with Crippen LogP contribution in [-0.4, -0.2) is 24.0 Å². The molecule has 0 saturated carbocycles. The molecule has 0 aliphatic carbocycles. The monoisotopic (exact) mass is 407 g/mol. The summed E-state index contributed by atoms with van der Waals surface area (Å²) in [5, 5.41) is 6.03. The van der Waals surface area contributed by atoms with Gasteiger partial charge < -0.3 is 15.0 Å². The summed E-state index contributed by atoms with van der Waals surface area (Å²) < 4.78 is 5.80. The van der Waals surface area contributed by atoms with E-state index in [4.69, 9.17) is 4.74 Å². The summed E-state index contributed by atoms with van der Waals surface area (Å²) in [6.45, 7) is 6.62. The number of rotatable bonds is 6. The van der Waals surface area contributed by atoms with Crippen molar-refractivity contribution >= 4 is 28.6 Å². The molecule has 1 N–H and O–H groups in total. The Morgan fingerprint density at radius 2 is 2.00 bits per heavy atom. The largest absolute Gasteiger partial charge is 0.487 e. The van der Waals surface area contributed by atoms with Crippen LogP contribution in [0.2, 0.25) is 0 Å². The molecule has 1 saturated heterocycles. The molecule has 1 amide bonds. The molecule has 29 heavy (non-hydrogen) atoms. The number of nitrogens with one attached hydrogen (secondary N) is 1. The second kappa shape index (κ2) is 8.66. The fourth-order valence-corrected chi connectivity index (χ4v) is 4.11. The number of carbonyl (C=O) groups excluding carboxylic acids is 1. The molecule has 2 aromatic carbocycles. The molecule has 0 spiro atoms. The summed E-state index contributed by atoms with van der Waals surface area (Å²) in [4.78, 5) is 19.5. The first-order valence-corrected chi connectivity index (χ1v) is 10.8. The molecule has 3 aromatic rings. The van der Waals surface area contributed by atoms with Crippen LogP contribution in [0.15, 0.2) is 47.8 Å². The summed E-state index contributed by atoms with van der Waals surface area (Å²) >= 11 is 1.60. The van der Waals surface area contributed by atoms with Gasteiger partial charge in [-0.25, -0.2) is 4.98 Å². The number of aryl methyl sites for hydroxylation is 2. The smallest absolute Gasteiger partial charge is 0.255 e. The Kier molecular flexibility index (Phi) is 5.81. The van der Waals surface area contributed by atoms with E-state index in [0.29, 0.717) is 17.9 Å². The molecule has 6 heteroatoms. The third-order valence-electron chi connectivity index (χ3n) is 5.08. The van der Waals surface area contributed by atoms with E-state index < -0.39 is 0 Å². The highest BCUT2D eigenvalue weighted by atomic mass is 32.1. The third-order valence-corrected chi connectivity index (χ3v) is 5.90. The number of amides is 1. The van der Waals surface area contributed by atoms with Gasteiger partial charge in [0, 0.05) is 35.4 Å². The minimum atomic E-state index is -0.142. The zero-order valence-electron chi connectivity index (χ0n) is 16.8. The van der Waals surface area contributed by atoms with Gasteiger partial charge in [0.15, 0.2) is 0 Å². The highest BCUT2D eigenvalue weighted by molar-refractivity contribution is 7.09. The van der Waals surface area contributed by atoms with Gasteiger partial charge in [-0.2, -0.15) is 0 Å². The molecule has 1 aromatic heterocycles. The fraction of sp³-hybridized carbons (Fsp3) is 0.304. The quantitative estimate of drug-likeness (QED) is 0.611. The van der Waals surface area contributed by atoms with Crippen molar-refractivity contribution in [3.8, 4) is 5.75 Å². The summed E-state index contributed by atoms with van der Waals surface area (Å²) in [6, 6.07) is 13.5. The fourth-order valence-electron chi connectivity index (χ4n) is 3.51. The van der Waals surface area contributed by atoms with Gasteiger partial charge in [0.25, 0.3) is 5.91 Å². The minimum absolute atomic E-state index is 0.142. The Morgan fingerprint density at radius 3 is 2.72 bits per heavy atom. The highest BCUT2D eigenvalue weighted by Gasteiger charge is 2.14. The molecule has 150 valence electrons. The molecule has 0 bridgehead atoms. The van der Waals surface area contributed by atoms with Crippen molar-refractivity contribution in [3.63, 3.8) is 0 Å². The summed E-state index contributed by atoms with van der Waals surface area (Å²) in [7, 11) is 0. The van der Waals surface area contributed by atoms with Crippen molar-refractivity contribution in [3.05, 3.63) is 69.7 Å². The van der Waals surface area contributed by atoms with E-state index >= 15 is 0 Å². The van der Waals surface area contributed by atoms with Crippen molar-refractivity contribution in [2.24, 2.45) is 0 Å². The maximum atomic E-state index is 12.7. The molecule has 0 atom stereocenters. The van der Waals surface area contributed by atoms with Crippen molar-refractivity contribution in [2.45, 2.75) is 33.3 Å². The van der Waals surface area contributed by atoms with Gasteiger partial charge in [0.05, 0.1) is 10.7 Å². The van der Waals surface area contributed by atoms with E-state index in [1.165, 1.54) is 18.5 Å². The lowest BCUT2D eigenvalue weighted by atomic mass is 10.1. The number of carbonyl (C=O) groups is 1. The highest BCUT2D eigenvalue weighted by Crippen LogP contribution is 2.26. The van der Waals surface area contributed by atoms with Crippen LogP contribution >= 0.6 is 11.3 Å². The first-order chi connectivity index (χ1) is 14.1. The average molecular weight is 408 g/mol. The normalized spacial score (nSPS) is 13.5. The van der Waals surface area contributed by atoms with Crippen LogP contribution in [0.4, 0.5) is 11.4 Å². The summed E-state index contributed by atoms with van der Waals surface area (Å²) in [5.74, 6) is 0.515. The zero-order valence-corrected chi connectivity index (χ0v) is 17.6. The number of anilines is 2. The topological polar surface area (TPSA) is 54.5 Å². The Labute approximate surface area is 175 Å². The van der Waals surface area contributed by atoms with Crippen LogP contribution in [0.25, 0.3) is 0 Å². The number of nitrogens with zero attached hydrogens (tertiary/aromatic N) is 2. The Morgan fingerprint density at radius 1 is 1.17 bits per heavy atom. The van der Waals surface area contributed by atoms with Crippen LogP contribution in [0, 0.1) is 13.8 Å². The van der Waals surface area contributed by atoms with Crippen molar-refractivity contribution in [1.29, 1.82) is 0 Å². The number of aromatic nitrogens is 1. The molecule has 0 unspecified atom stereocenters. The predicted molar refractivity (Wildman–Crippen MR) is 118 cm³/mol. The van der Waals surface area contributed by atoms with Crippen LogP contribution in [0.3, 0.4) is 0 Å². The number of hydrogen-bond acceptors (Lipinski definition) is 5. The lowest BCUT2D eigenvalue weighted by Gasteiger charge is -2.19. The molecule has 1 fully saturated rings. The zero-order chi connectivity index (χ0) is 20.2. The Bertz CT molecular complexity index is 1010. The average Bonchev–Trinajstić information content (AvgIpc) is 3.40. The SMILES string of the molecule is Cc1nc(COc2cccc(C(=O)Nc3ccc(N4CCCC4)cc3C)c2)cs1. The van der Waals surface area contributed by atoms with Gasteiger partial charge in [-0.05, 0) is 68.7 Å². The van der Waals surface area contributed by atoms with E-state index in [1.54, 1.807) is 23.5 Å². The van der Waals surface area contributed by atoms with Crippen LogP contribution in [0.1, 0.15) is 39.5 Å². The van der Waals surface area contributed by atoms with Gasteiger partial charge >= 0.3 is 0 Å². The summed E-state index contributed by atoms with van der Waals surface area (Å²) in [6.07, 6.45) is 2.50. The molecule has 0 radical (unpaired) electrons. The number of benzene rings is 2. The van der Waals surface area contributed by atoms with E-state index in [9.17, 15) is 4.79 Å². The third kappa shape index (κ3) is 4.77. The molecule has 2 heterocycles. The molecular weight excluding hydrogens is 382 g/mol. The molecule has 1 aliphatic heterocycles. The molecule has 4 rings (SSSR count). The number of ether oxygens (including phenoxy) is 1. The standard InChI is InChI=1S/C23H25N3O2S/c1-16-12-20(26-10-3-4-11-26)8-9-22(16)25-23(27)18-6-5-7-21(13-18)28-14-19-15-29-17(2)24-19/h5-9,12-13,15H,3-4,10-11,14H2,1-2H3,(H,25,27). The molecular formula is C23H25N3O2S. The Hall–Kier alpha value is -2.86. The van der Waals surface area contributed by atoms with Crippen LogP contribution in [0.5, 0.6) is 5.75 Å². The maximum absolute atomic E-state index is 12.7. The van der Waals surface area contributed by atoms with Gasteiger partial charge in [-0.15, -0.1) is 11.3 Å². The lowest BCUT2D eigenvalue weighted by molar-refractivity contribution is 0.102. The molecule has 5 nitrogen and oxygen atoms in total. The second-order valence-corrected chi connectivity index (χ2v) is 8.38. The van der Waals surface area contributed by atoms with Crippen LogP contribution in [-0.2, 0) is 6.61 Å². The minimum Gasteiger partial charge on any atom is -0.487 e. The van der Waals surface area contributed by atoms with Crippen molar-refractivity contribution in [1.82, 2.24) is 4.98 Å². The van der Waals surface area contributed by atoms with Crippen LogP contribution < -0.4 is 15.0 Å². The number of thiazole rings is 1. The van der Waals surface area contributed by atoms with Gasteiger partial charge in [-0.3, -0.25) is 4.79 Å². The number of hydrogen-bond donors (Lipinski definition) is 1. The van der Waals surface area contributed by atoms with Crippen molar-refractivity contribution in [2.75, 3.05) is 23.3 Å².